The molecule has 0 aliphatic rings. The van der Waals surface area contributed by atoms with Crippen molar-refractivity contribution in [2.45, 2.75) is 13.5 Å². The van der Waals surface area contributed by atoms with Crippen LogP contribution in [0.5, 0.6) is 0 Å². The van der Waals surface area contributed by atoms with Gasteiger partial charge in [0.15, 0.2) is 0 Å². The van der Waals surface area contributed by atoms with Crippen LogP contribution in [0.1, 0.15) is 11.5 Å². The Morgan fingerprint density at radius 2 is 2.18 bits per heavy atom. The number of rotatable bonds is 6. The number of benzene rings is 1. The van der Waals surface area contributed by atoms with E-state index < -0.39 is 0 Å². The summed E-state index contributed by atoms with van der Waals surface area (Å²) < 4.78 is 10.6. The first kappa shape index (κ1) is 16.4. The second-order valence-electron chi connectivity index (χ2n) is 4.87. The number of hydrogen-bond acceptors (Lipinski definition) is 3. The smallest absolute Gasteiger partial charge is 0.322 e. The van der Waals surface area contributed by atoms with Crippen LogP contribution in [0.4, 0.5) is 10.5 Å². The normalized spacial score (nSPS) is 10.5. The molecule has 118 valence electrons. The average Bonchev–Trinajstić information content (AvgIpc) is 2.88. The maximum Gasteiger partial charge on any atom is 0.322 e. The zero-order valence-corrected chi connectivity index (χ0v) is 13.4. The van der Waals surface area contributed by atoms with Crippen molar-refractivity contribution in [1.29, 1.82) is 0 Å². The van der Waals surface area contributed by atoms with E-state index in [-0.39, 0.29) is 6.03 Å². The lowest BCUT2D eigenvalue weighted by Gasteiger charge is -2.22. The Morgan fingerprint density at radius 1 is 1.36 bits per heavy atom. The summed E-state index contributed by atoms with van der Waals surface area (Å²) in [6.45, 7) is 3.16. The molecule has 2 rings (SSSR count). The van der Waals surface area contributed by atoms with Gasteiger partial charge in [0.05, 0.1) is 13.2 Å². The zero-order chi connectivity index (χ0) is 15.9. The molecule has 0 saturated heterocycles. The van der Waals surface area contributed by atoms with Crippen LogP contribution in [0.2, 0.25) is 5.02 Å². The van der Waals surface area contributed by atoms with Gasteiger partial charge in [0, 0.05) is 24.4 Å². The minimum atomic E-state index is -0.228. The second kappa shape index (κ2) is 7.87. The van der Waals surface area contributed by atoms with Crippen LogP contribution >= 0.6 is 11.6 Å². The third-order valence-corrected chi connectivity index (χ3v) is 3.31. The molecular weight excluding hydrogens is 304 g/mol. The maximum absolute atomic E-state index is 12.4. The molecule has 1 heterocycles. The number of carbonyl (C=O) groups excluding carboxylic acids is 1. The minimum Gasteiger partial charge on any atom is -0.464 e. The van der Waals surface area contributed by atoms with E-state index in [1.54, 1.807) is 36.3 Å². The Balaban J connectivity index is 2.05. The molecule has 5 nitrogen and oxygen atoms in total. The highest BCUT2D eigenvalue weighted by Crippen LogP contribution is 2.16. The Morgan fingerprint density at radius 3 is 2.82 bits per heavy atom. The number of nitrogens with one attached hydrogen (secondary N) is 1. The van der Waals surface area contributed by atoms with Crippen molar-refractivity contribution in [3.63, 3.8) is 0 Å². The summed E-state index contributed by atoms with van der Waals surface area (Å²) in [5.74, 6) is 1.55. The number of carbonyl (C=O) groups is 1. The lowest BCUT2D eigenvalue weighted by atomic mass is 10.3. The molecule has 2 amide bonds. The van der Waals surface area contributed by atoms with Crippen molar-refractivity contribution in [1.82, 2.24) is 4.90 Å². The van der Waals surface area contributed by atoms with E-state index in [9.17, 15) is 4.79 Å². The van der Waals surface area contributed by atoms with Crippen molar-refractivity contribution in [3.05, 3.63) is 52.9 Å². The van der Waals surface area contributed by atoms with Gasteiger partial charge in [0.2, 0.25) is 0 Å². The van der Waals surface area contributed by atoms with Gasteiger partial charge < -0.3 is 19.4 Å². The fourth-order valence-electron chi connectivity index (χ4n) is 1.98. The minimum absolute atomic E-state index is 0.228. The molecule has 22 heavy (non-hydrogen) atoms. The lowest BCUT2D eigenvalue weighted by molar-refractivity contribution is 0.149. The third-order valence-electron chi connectivity index (χ3n) is 3.07. The summed E-state index contributed by atoms with van der Waals surface area (Å²) in [5, 5.41) is 3.40. The van der Waals surface area contributed by atoms with Crippen molar-refractivity contribution in [2.24, 2.45) is 0 Å². The monoisotopic (exact) mass is 322 g/mol. The average molecular weight is 323 g/mol. The highest BCUT2D eigenvalue weighted by molar-refractivity contribution is 6.30. The van der Waals surface area contributed by atoms with E-state index in [4.69, 9.17) is 20.8 Å². The number of urea groups is 1. The van der Waals surface area contributed by atoms with Crippen molar-refractivity contribution >= 4 is 23.3 Å². The molecule has 0 radical (unpaired) electrons. The van der Waals surface area contributed by atoms with Crippen LogP contribution in [-0.4, -0.2) is 31.2 Å². The summed E-state index contributed by atoms with van der Waals surface area (Å²) in [5.41, 5.74) is 0.649. The molecule has 0 aliphatic heterocycles. The summed E-state index contributed by atoms with van der Waals surface area (Å²) in [6.07, 6.45) is 0. The molecule has 0 atom stereocenters. The molecule has 0 fully saturated rings. The number of amides is 2. The molecule has 6 heteroatoms. The van der Waals surface area contributed by atoms with Gasteiger partial charge in [-0.1, -0.05) is 17.7 Å². The lowest BCUT2D eigenvalue weighted by Crippen LogP contribution is -2.36. The molecule has 0 unspecified atom stereocenters. The summed E-state index contributed by atoms with van der Waals surface area (Å²) >= 11 is 5.92. The molecule has 0 spiro atoms. The Labute approximate surface area is 134 Å². The SMILES string of the molecule is COCCN(Cc1ccc(C)o1)C(=O)Nc1cccc(Cl)c1. The van der Waals surface area contributed by atoms with Crippen LogP contribution in [-0.2, 0) is 11.3 Å². The van der Waals surface area contributed by atoms with Crippen molar-refractivity contribution in [3.8, 4) is 0 Å². The van der Waals surface area contributed by atoms with E-state index in [0.29, 0.717) is 30.4 Å². The first-order chi connectivity index (χ1) is 10.6. The van der Waals surface area contributed by atoms with Gasteiger partial charge in [0.25, 0.3) is 0 Å². The predicted octanol–water partition coefficient (Wildman–Crippen LogP) is 3.92. The number of aryl methyl sites for hydroxylation is 1. The summed E-state index contributed by atoms with van der Waals surface area (Å²) in [7, 11) is 1.60. The van der Waals surface area contributed by atoms with E-state index in [0.717, 1.165) is 11.5 Å². The standard InChI is InChI=1S/C16H19ClN2O3/c1-12-6-7-15(22-12)11-19(8-9-21-2)16(20)18-14-5-3-4-13(17)10-14/h3-7,10H,8-9,11H2,1-2H3,(H,18,20). The zero-order valence-electron chi connectivity index (χ0n) is 12.6. The third kappa shape index (κ3) is 4.79. The van der Waals surface area contributed by atoms with Gasteiger partial charge >= 0.3 is 6.03 Å². The summed E-state index contributed by atoms with van der Waals surface area (Å²) in [4.78, 5) is 14.0. The quantitative estimate of drug-likeness (QED) is 0.877. The topological polar surface area (TPSA) is 54.7 Å². The van der Waals surface area contributed by atoms with Crippen LogP contribution in [0, 0.1) is 6.92 Å². The molecule has 1 N–H and O–H groups in total. The van der Waals surface area contributed by atoms with Gasteiger partial charge in [-0.05, 0) is 37.3 Å². The molecule has 2 aromatic rings. The van der Waals surface area contributed by atoms with Gasteiger partial charge in [-0.15, -0.1) is 0 Å². The van der Waals surface area contributed by atoms with Crippen LogP contribution in [0.15, 0.2) is 40.8 Å². The molecule has 1 aromatic carbocycles. The van der Waals surface area contributed by atoms with Crippen molar-refractivity contribution in [2.75, 3.05) is 25.6 Å². The molecule has 0 aliphatic carbocycles. The number of nitrogens with zero attached hydrogens (tertiary/aromatic N) is 1. The predicted molar refractivity (Wildman–Crippen MR) is 86.2 cm³/mol. The number of anilines is 1. The van der Waals surface area contributed by atoms with Crippen molar-refractivity contribution < 1.29 is 13.9 Å². The second-order valence-corrected chi connectivity index (χ2v) is 5.30. The number of furan rings is 1. The number of ether oxygens (including phenoxy) is 1. The van der Waals surface area contributed by atoms with E-state index >= 15 is 0 Å². The van der Waals surface area contributed by atoms with Crippen LogP contribution < -0.4 is 5.32 Å². The fourth-order valence-corrected chi connectivity index (χ4v) is 2.17. The number of hydrogen-bond donors (Lipinski definition) is 1. The molecule has 0 saturated carbocycles. The van der Waals surface area contributed by atoms with Gasteiger partial charge in [-0.3, -0.25) is 0 Å². The first-order valence-electron chi connectivity index (χ1n) is 6.94. The van der Waals surface area contributed by atoms with E-state index in [1.807, 2.05) is 19.1 Å². The van der Waals surface area contributed by atoms with Gasteiger partial charge in [-0.25, -0.2) is 4.79 Å². The molecular formula is C16H19ClN2O3. The largest absolute Gasteiger partial charge is 0.464 e. The van der Waals surface area contributed by atoms with Crippen LogP contribution in [0.3, 0.4) is 0 Å². The first-order valence-corrected chi connectivity index (χ1v) is 7.32. The highest BCUT2D eigenvalue weighted by atomic mass is 35.5. The highest BCUT2D eigenvalue weighted by Gasteiger charge is 2.15. The fraction of sp³-hybridized carbons (Fsp3) is 0.312. The van der Waals surface area contributed by atoms with E-state index in [1.165, 1.54) is 0 Å². The number of methoxy groups -OCH3 is 1. The van der Waals surface area contributed by atoms with E-state index in [2.05, 4.69) is 5.32 Å². The Hall–Kier alpha value is -1.98. The number of halogens is 1. The molecule has 0 bridgehead atoms. The Kier molecular flexibility index (Phi) is 5.86. The molecule has 1 aromatic heterocycles. The van der Waals surface area contributed by atoms with Crippen LogP contribution in [0.25, 0.3) is 0 Å². The maximum atomic E-state index is 12.4. The Bertz CT molecular complexity index is 627. The van der Waals surface area contributed by atoms with Gasteiger partial charge in [-0.2, -0.15) is 0 Å². The summed E-state index contributed by atoms with van der Waals surface area (Å²) in [6, 6.07) is 10.5. The van der Waals surface area contributed by atoms with Gasteiger partial charge in [0.1, 0.15) is 11.5 Å².